The number of anilines is 2. The maximum Gasteiger partial charge on any atom is 0.303 e. The summed E-state index contributed by atoms with van der Waals surface area (Å²) in [6.07, 6.45) is 6.60. The van der Waals surface area contributed by atoms with E-state index >= 15 is 0 Å². The van der Waals surface area contributed by atoms with Gasteiger partial charge in [-0.2, -0.15) is 4.98 Å². The summed E-state index contributed by atoms with van der Waals surface area (Å²) in [5.74, 6) is 2.72. The molecule has 3 aliphatic rings. The molecule has 0 radical (unpaired) electrons. The van der Waals surface area contributed by atoms with E-state index in [-0.39, 0.29) is 19.1 Å². The number of nitrogens with one attached hydrogen (secondary N) is 1. The number of ether oxygens (including phenoxy) is 2. The van der Waals surface area contributed by atoms with Crippen molar-refractivity contribution in [2.24, 2.45) is 5.92 Å². The zero-order valence-electron chi connectivity index (χ0n) is 19.0. The summed E-state index contributed by atoms with van der Waals surface area (Å²) in [5.41, 5.74) is 2.52. The minimum atomic E-state index is -0.713. The van der Waals surface area contributed by atoms with Gasteiger partial charge in [0.05, 0.1) is 5.39 Å². The van der Waals surface area contributed by atoms with Crippen LogP contribution in [0.1, 0.15) is 48.1 Å². The number of thiophene rings is 1. The Labute approximate surface area is 201 Å². The van der Waals surface area contributed by atoms with Gasteiger partial charge in [0.2, 0.25) is 12.7 Å². The van der Waals surface area contributed by atoms with Gasteiger partial charge in [-0.1, -0.05) is 6.07 Å². The van der Waals surface area contributed by atoms with Crippen molar-refractivity contribution >= 4 is 39.3 Å². The molecule has 2 N–H and O–H groups in total. The number of hydrogen-bond acceptors (Lipinski definition) is 8. The number of fused-ring (bicyclic) bond motifs is 4. The zero-order chi connectivity index (χ0) is 23.1. The molecule has 0 saturated carbocycles. The highest BCUT2D eigenvalue weighted by Gasteiger charge is 2.26. The number of aryl methyl sites for hydroxylation is 2. The Morgan fingerprint density at radius 1 is 1.15 bits per heavy atom. The quantitative estimate of drug-likeness (QED) is 0.528. The van der Waals surface area contributed by atoms with Crippen molar-refractivity contribution in [3.05, 3.63) is 34.2 Å². The van der Waals surface area contributed by atoms with E-state index in [1.165, 1.54) is 28.7 Å². The Balaban J connectivity index is 1.29. The third-order valence-electron chi connectivity index (χ3n) is 7.06. The first-order valence-corrected chi connectivity index (χ1v) is 12.9. The van der Waals surface area contributed by atoms with E-state index in [1.54, 1.807) is 11.3 Å². The van der Waals surface area contributed by atoms with Gasteiger partial charge in [0, 0.05) is 30.9 Å². The smallest absolute Gasteiger partial charge is 0.303 e. The number of benzene rings is 1. The van der Waals surface area contributed by atoms with Gasteiger partial charge in [-0.05, 0) is 67.7 Å². The fraction of sp³-hybridized carbons (Fsp3) is 0.480. The molecule has 1 aromatic carbocycles. The molecule has 8 nitrogen and oxygen atoms in total. The molecule has 178 valence electrons. The first-order valence-electron chi connectivity index (χ1n) is 12.1. The highest BCUT2D eigenvalue weighted by atomic mass is 32.1. The molecule has 3 aromatic rings. The van der Waals surface area contributed by atoms with Crippen LogP contribution in [0.4, 0.5) is 11.8 Å². The molecule has 0 spiro atoms. The van der Waals surface area contributed by atoms with Gasteiger partial charge >= 0.3 is 5.97 Å². The number of carboxylic acids is 1. The van der Waals surface area contributed by atoms with E-state index in [9.17, 15) is 4.79 Å². The van der Waals surface area contributed by atoms with Gasteiger partial charge in [-0.3, -0.25) is 4.79 Å². The largest absolute Gasteiger partial charge is 0.481 e. The van der Waals surface area contributed by atoms with Crippen molar-refractivity contribution in [1.82, 2.24) is 9.97 Å². The second kappa shape index (κ2) is 8.94. The lowest BCUT2D eigenvalue weighted by molar-refractivity contribution is -0.138. The van der Waals surface area contributed by atoms with Gasteiger partial charge < -0.3 is 24.8 Å². The van der Waals surface area contributed by atoms with E-state index in [0.717, 1.165) is 72.4 Å². The first kappa shape index (κ1) is 21.5. The fourth-order valence-corrected chi connectivity index (χ4v) is 6.49. The van der Waals surface area contributed by atoms with Crippen LogP contribution in [-0.2, 0) is 24.2 Å². The number of rotatable bonds is 6. The van der Waals surface area contributed by atoms with Crippen molar-refractivity contribution in [1.29, 1.82) is 0 Å². The van der Waals surface area contributed by atoms with Crippen LogP contribution in [0.2, 0.25) is 0 Å². The number of carbonyl (C=O) groups is 1. The summed E-state index contributed by atoms with van der Waals surface area (Å²) in [6.45, 7) is 2.48. The van der Waals surface area contributed by atoms with Gasteiger partial charge in [0.25, 0.3) is 0 Å². The Bertz CT molecular complexity index is 1240. The minimum absolute atomic E-state index is 0.232. The highest BCUT2D eigenvalue weighted by molar-refractivity contribution is 7.19. The summed E-state index contributed by atoms with van der Waals surface area (Å²) in [6, 6.07) is 6.02. The van der Waals surface area contributed by atoms with Crippen LogP contribution in [0.5, 0.6) is 11.5 Å². The molecule has 2 aromatic heterocycles. The molecule has 34 heavy (non-hydrogen) atoms. The summed E-state index contributed by atoms with van der Waals surface area (Å²) < 4.78 is 11.0. The van der Waals surface area contributed by atoms with Crippen molar-refractivity contribution < 1.29 is 19.4 Å². The van der Waals surface area contributed by atoms with Gasteiger partial charge in [0.1, 0.15) is 10.6 Å². The van der Waals surface area contributed by atoms with Crippen LogP contribution < -0.4 is 19.7 Å². The summed E-state index contributed by atoms with van der Waals surface area (Å²) in [7, 11) is 0. The fourth-order valence-electron chi connectivity index (χ4n) is 5.24. The van der Waals surface area contributed by atoms with Crippen molar-refractivity contribution in [2.45, 2.75) is 51.5 Å². The minimum Gasteiger partial charge on any atom is -0.481 e. The zero-order valence-corrected chi connectivity index (χ0v) is 19.8. The lowest BCUT2D eigenvalue weighted by Gasteiger charge is -2.31. The average molecular weight is 481 g/mol. The molecule has 0 atom stereocenters. The van der Waals surface area contributed by atoms with Crippen molar-refractivity contribution in [2.75, 3.05) is 30.1 Å². The van der Waals surface area contributed by atoms with E-state index in [1.807, 2.05) is 12.1 Å². The monoisotopic (exact) mass is 480 g/mol. The SMILES string of the molecule is O=C(O)CC1CCN(c2nc(NCc3ccc4c(c3)OCO4)c3c4c(sc3n2)CCCC4)CC1. The Morgan fingerprint density at radius 3 is 2.82 bits per heavy atom. The molecule has 1 fully saturated rings. The van der Waals surface area contributed by atoms with E-state index in [4.69, 9.17) is 24.5 Å². The maximum absolute atomic E-state index is 11.1. The molecule has 0 bridgehead atoms. The van der Waals surface area contributed by atoms with Crippen LogP contribution in [0.15, 0.2) is 18.2 Å². The number of aromatic nitrogens is 2. The topological polar surface area (TPSA) is 96.8 Å². The lowest BCUT2D eigenvalue weighted by atomic mass is 9.94. The van der Waals surface area contributed by atoms with Gasteiger partial charge in [0.15, 0.2) is 11.5 Å². The normalized spacial score (nSPS) is 17.7. The Hall–Kier alpha value is -3.07. The lowest BCUT2D eigenvalue weighted by Crippen LogP contribution is -2.35. The number of aliphatic carboxylic acids is 1. The number of hydrogen-bond donors (Lipinski definition) is 2. The average Bonchev–Trinajstić information content (AvgIpc) is 3.46. The first-order chi connectivity index (χ1) is 16.6. The molecule has 2 aliphatic heterocycles. The number of nitrogens with zero attached hydrogens (tertiary/aromatic N) is 3. The van der Waals surface area contributed by atoms with Crippen molar-refractivity contribution in [3.63, 3.8) is 0 Å². The highest BCUT2D eigenvalue weighted by Crippen LogP contribution is 2.40. The molecule has 0 amide bonds. The van der Waals surface area contributed by atoms with Crippen LogP contribution in [0, 0.1) is 5.92 Å². The number of piperidine rings is 1. The van der Waals surface area contributed by atoms with Crippen molar-refractivity contribution in [3.8, 4) is 11.5 Å². The molecule has 4 heterocycles. The standard InChI is InChI=1S/C25H28N4O4S/c30-21(31)12-15-7-9-29(10-8-15)25-27-23(22-17-3-1-2-4-20(17)34-24(22)28-25)26-13-16-5-6-18-19(11-16)33-14-32-18/h5-6,11,15H,1-4,7-10,12-14H2,(H,30,31)(H,26,27,28). The summed E-state index contributed by atoms with van der Waals surface area (Å²) in [4.78, 5) is 25.8. The molecule has 0 unspecified atom stereocenters. The van der Waals surface area contributed by atoms with Crippen LogP contribution >= 0.6 is 11.3 Å². The molecule has 1 aliphatic carbocycles. The van der Waals surface area contributed by atoms with Crippen LogP contribution in [0.3, 0.4) is 0 Å². The van der Waals surface area contributed by atoms with E-state index in [0.29, 0.717) is 6.54 Å². The summed E-state index contributed by atoms with van der Waals surface area (Å²) in [5, 5.41) is 13.9. The predicted molar refractivity (Wildman–Crippen MR) is 131 cm³/mol. The Kier molecular flexibility index (Phi) is 5.64. The van der Waals surface area contributed by atoms with Gasteiger partial charge in [-0.15, -0.1) is 11.3 Å². The molecule has 6 rings (SSSR count). The number of carboxylic acid groups (broad SMARTS) is 1. The molecular formula is C25H28N4O4S. The van der Waals surface area contributed by atoms with E-state index < -0.39 is 5.97 Å². The maximum atomic E-state index is 11.1. The molecule has 9 heteroatoms. The Morgan fingerprint density at radius 2 is 1.97 bits per heavy atom. The van der Waals surface area contributed by atoms with Gasteiger partial charge in [-0.25, -0.2) is 4.98 Å². The third-order valence-corrected chi connectivity index (χ3v) is 8.25. The third kappa shape index (κ3) is 4.13. The second-order valence-corrected chi connectivity index (χ2v) is 10.4. The molecule has 1 saturated heterocycles. The van der Waals surface area contributed by atoms with E-state index in [2.05, 4.69) is 16.3 Å². The second-order valence-electron chi connectivity index (χ2n) is 9.33. The van der Waals surface area contributed by atoms with Crippen LogP contribution in [-0.4, -0.2) is 40.9 Å². The predicted octanol–water partition coefficient (Wildman–Crippen LogP) is 4.60. The summed E-state index contributed by atoms with van der Waals surface area (Å²) >= 11 is 1.81. The van der Waals surface area contributed by atoms with Crippen LogP contribution in [0.25, 0.3) is 10.2 Å². The molecular weight excluding hydrogens is 452 g/mol.